The molecule has 0 spiro atoms. The molecule has 28 heavy (non-hydrogen) atoms. The summed E-state index contributed by atoms with van der Waals surface area (Å²) >= 11 is 0.886. The fraction of sp³-hybridized carbons (Fsp3) is 0.190. The highest BCUT2D eigenvalue weighted by Gasteiger charge is 2.34. The molecule has 7 heteroatoms. The van der Waals surface area contributed by atoms with Gasteiger partial charge in [-0.2, -0.15) is 0 Å². The average molecular weight is 394 g/mol. The van der Waals surface area contributed by atoms with Crippen LogP contribution in [0.25, 0.3) is 11.8 Å². The number of aryl methyl sites for hydroxylation is 1. The predicted octanol–water partition coefficient (Wildman–Crippen LogP) is 3.55. The van der Waals surface area contributed by atoms with Gasteiger partial charge >= 0.3 is 5.97 Å². The number of hydrogen-bond acceptors (Lipinski definition) is 5. The van der Waals surface area contributed by atoms with Crippen LogP contribution >= 0.6 is 11.8 Å². The van der Waals surface area contributed by atoms with Gasteiger partial charge in [0.05, 0.1) is 24.1 Å². The van der Waals surface area contributed by atoms with E-state index in [-0.39, 0.29) is 17.7 Å². The maximum absolute atomic E-state index is 12.4. The van der Waals surface area contributed by atoms with E-state index in [9.17, 15) is 14.4 Å². The summed E-state index contributed by atoms with van der Waals surface area (Å²) in [4.78, 5) is 37.4. The summed E-state index contributed by atoms with van der Waals surface area (Å²) in [6, 6.07) is 9.00. The molecule has 0 aliphatic carbocycles. The molecule has 2 heterocycles. The maximum Gasteiger partial charge on any atom is 0.337 e. The van der Waals surface area contributed by atoms with Gasteiger partial charge in [-0.1, -0.05) is 5.92 Å². The molecule has 1 aliphatic heterocycles. The lowest BCUT2D eigenvalue weighted by molar-refractivity contribution is -0.122. The van der Waals surface area contributed by atoms with Crippen LogP contribution in [0.2, 0.25) is 0 Å². The molecule has 1 aromatic heterocycles. The number of nitrogens with zero attached hydrogens (tertiary/aromatic N) is 2. The number of imide groups is 1. The standard InChI is InChI=1S/C21H18N2O4S/c1-5-10-22-19(24)18(28-21(22)26)12-16-11-13(2)23(14(16)3)17-8-6-15(7-9-17)20(25)27-4/h1,6-9,11-12H,10H2,2-4H3/b18-12+. The first-order valence-electron chi connectivity index (χ1n) is 8.44. The van der Waals surface area contributed by atoms with Crippen LogP contribution in [0.3, 0.4) is 0 Å². The lowest BCUT2D eigenvalue weighted by atomic mass is 10.2. The van der Waals surface area contributed by atoms with Crippen LogP contribution in [0.1, 0.15) is 27.3 Å². The van der Waals surface area contributed by atoms with E-state index in [1.807, 2.05) is 36.6 Å². The first-order chi connectivity index (χ1) is 13.4. The van der Waals surface area contributed by atoms with Gasteiger partial charge in [0.2, 0.25) is 0 Å². The molecule has 2 amide bonds. The average Bonchev–Trinajstić information content (AvgIpc) is 3.11. The van der Waals surface area contributed by atoms with Crippen LogP contribution in [-0.4, -0.2) is 40.2 Å². The van der Waals surface area contributed by atoms with Crippen molar-refractivity contribution in [3.05, 3.63) is 57.8 Å². The molecule has 3 rings (SSSR count). The Kier molecular flexibility index (Phi) is 5.43. The zero-order chi connectivity index (χ0) is 20.4. The SMILES string of the molecule is C#CCN1C(=O)S/C(=C/c2cc(C)n(-c3ccc(C(=O)OC)cc3)c2C)C1=O. The van der Waals surface area contributed by atoms with Crippen molar-refractivity contribution in [3.8, 4) is 18.0 Å². The van der Waals surface area contributed by atoms with Crippen LogP contribution in [0.5, 0.6) is 0 Å². The van der Waals surface area contributed by atoms with E-state index in [2.05, 4.69) is 5.92 Å². The molecule has 0 bridgehead atoms. The molecule has 1 aromatic carbocycles. The Hall–Kier alpha value is -3.24. The van der Waals surface area contributed by atoms with Crippen molar-refractivity contribution in [1.29, 1.82) is 0 Å². The highest BCUT2D eigenvalue weighted by Crippen LogP contribution is 2.33. The van der Waals surface area contributed by atoms with Crippen LogP contribution in [0.15, 0.2) is 35.2 Å². The van der Waals surface area contributed by atoms with Crippen molar-refractivity contribution in [2.75, 3.05) is 13.7 Å². The number of esters is 1. The maximum atomic E-state index is 12.4. The van der Waals surface area contributed by atoms with Crippen molar-refractivity contribution in [1.82, 2.24) is 9.47 Å². The minimum atomic E-state index is -0.393. The third-order valence-electron chi connectivity index (χ3n) is 4.43. The van der Waals surface area contributed by atoms with Crippen LogP contribution in [0, 0.1) is 26.2 Å². The second-order valence-electron chi connectivity index (χ2n) is 6.17. The summed E-state index contributed by atoms with van der Waals surface area (Å²) in [5, 5.41) is -0.360. The quantitative estimate of drug-likeness (QED) is 0.451. The molecule has 0 atom stereocenters. The Bertz CT molecular complexity index is 1040. The summed E-state index contributed by atoms with van der Waals surface area (Å²) in [5.41, 5.74) is 4.05. The Morgan fingerprint density at radius 1 is 1.25 bits per heavy atom. The van der Waals surface area contributed by atoms with Crippen molar-refractivity contribution in [2.45, 2.75) is 13.8 Å². The monoisotopic (exact) mass is 394 g/mol. The van der Waals surface area contributed by atoms with E-state index in [1.54, 1.807) is 18.2 Å². The number of amides is 2. The van der Waals surface area contributed by atoms with Gasteiger partial charge in [-0.15, -0.1) is 6.42 Å². The number of rotatable bonds is 4. The van der Waals surface area contributed by atoms with E-state index in [0.29, 0.717) is 10.5 Å². The smallest absolute Gasteiger partial charge is 0.337 e. The van der Waals surface area contributed by atoms with Crippen LogP contribution in [0.4, 0.5) is 4.79 Å². The van der Waals surface area contributed by atoms with Gasteiger partial charge in [0, 0.05) is 17.1 Å². The van der Waals surface area contributed by atoms with E-state index in [4.69, 9.17) is 11.2 Å². The number of terminal acetylenes is 1. The number of thioether (sulfide) groups is 1. The topological polar surface area (TPSA) is 68.6 Å². The molecular formula is C21H18N2O4S. The van der Waals surface area contributed by atoms with Crippen molar-refractivity contribution < 1.29 is 19.1 Å². The molecule has 0 unspecified atom stereocenters. The molecule has 0 radical (unpaired) electrons. The molecule has 2 aromatic rings. The molecule has 0 N–H and O–H groups in total. The highest BCUT2D eigenvalue weighted by atomic mass is 32.2. The first-order valence-corrected chi connectivity index (χ1v) is 9.25. The molecule has 0 saturated carbocycles. The second kappa shape index (κ2) is 7.79. The van der Waals surface area contributed by atoms with Gasteiger partial charge < -0.3 is 9.30 Å². The number of hydrogen-bond donors (Lipinski definition) is 0. The summed E-state index contributed by atoms with van der Waals surface area (Å²) < 4.78 is 6.73. The fourth-order valence-electron chi connectivity index (χ4n) is 3.06. The van der Waals surface area contributed by atoms with Crippen molar-refractivity contribution >= 4 is 35.0 Å². The number of benzene rings is 1. The molecule has 1 saturated heterocycles. The van der Waals surface area contributed by atoms with Crippen molar-refractivity contribution in [3.63, 3.8) is 0 Å². The zero-order valence-electron chi connectivity index (χ0n) is 15.7. The summed E-state index contributed by atoms with van der Waals surface area (Å²) in [6.45, 7) is 3.84. The summed E-state index contributed by atoms with van der Waals surface area (Å²) in [5.74, 6) is 1.56. The Labute approximate surface area is 167 Å². The zero-order valence-corrected chi connectivity index (χ0v) is 16.5. The fourth-order valence-corrected chi connectivity index (χ4v) is 3.89. The van der Waals surface area contributed by atoms with Crippen molar-refractivity contribution in [2.24, 2.45) is 0 Å². The lowest BCUT2D eigenvalue weighted by Gasteiger charge is -2.10. The van der Waals surface area contributed by atoms with Gasteiger partial charge in [0.1, 0.15) is 0 Å². The number of carbonyl (C=O) groups excluding carboxylic acids is 3. The van der Waals surface area contributed by atoms with E-state index in [1.165, 1.54) is 7.11 Å². The van der Waals surface area contributed by atoms with Gasteiger partial charge in [-0.05, 0) is 67.6 Å². The molecular weight excluding hydrogens is 376 g/mol. The van der Waals surface area contributed by atoms with E-state index >= 15 is 0 Å². The Balaban J connectivity index is 1.95. The summed E-state index contributed by atoms with van der Waals surface area (Å²) in [6.07, 6.45) is 6.93. The molecule has 142 valence electrons. The number of methoxy groups -OCH3 is 1. The Morgan fingerprint density at radius 2 is 1.93 bits per heavy atom. The lowest BCUT2D eigenvalue weighted by Crippen LogP contribution is -2.28. The molecule has 6 nitrogen and oxygen atoms in total. The predicted molar refractivity (Wildman–Crippen MR) is 108 cm³/mol. The number of ether oxygens (including phenoxy) is 1. The molecule has 1 aliphatic rings. The second-order valence-corrected chi connectivity index (χ2v) is 7.17. The normalized spacial score (nSPS) is 15.2. The Morgan fingerprint density at radius 3 is 2.54 bits per heavy atom. The number of aromatic nitrogens is 1. The van der Waals surface area contributed by atoms with Gasteiger partial charge in [-0.25, -0.2) is 4.79 Å². The largest absolute Gasteiger partial charge is 0.465 e. The number of carbonyl (C=O) groups is 3. The third-order valence-corrected chi connectivity index (χ3v) is 5.33. The minimum Gasteiger partial charge on any atom is -0.465 e. The molecule has 1 fully saturated rings. The first kappa shape index (κ1) is 19.5. The van der Waals surface area contributed by atoms with Crippen LogP contribution < -0.4 is 0 Å². The minimum absolute atomic E-state index is 0.0342. The van der Waals surface area contributed by atoms with Gasteiger partial charge in [-0.3, -0.25) is 14.5 Å². The third kappa shape index (κ3) is 3.47. The van der Waals surface area contributed by atoms with E-state index < -0.39 is 5.97 Å². The highest BCUT2D eigenvalue weighted by molar-refractivity contribution is 8.18. The van der Waals surface area contributed by atoms with Crippen LogP contribution in [-0.2, 0) is 9.53 Å². The summed E-state index contributed by atoms with van der Waals surface area (Å²) in [7, 11) is 1.34. The van der Waals surface area contributed by atoms with Gasteiger partial charge in [0.25, 0.3) is 11.1 Å². The van der Waals surface area contributed by atoms with E-state index in [0.717, 1.165) is 39.3 Å². The van der Waals surface area contributed by atoms with Gasteiger partial charge in [0.15, 0.2) is 0 Å².